The van der Waals surface area contributed by atoms with Crippen molar-refractivity contribution in [2.24, 2.45) is 0 Å². The van der Waals surface area contributed by atoms with Crippen molar-refractivity contribution in [1.29, 1.82) is 0 Å². The van der Waals surface area contributed by atoms with Gasteiger partial charge in [0.15, 0.2) is 0 Å². The summed E-state index contributed by atoms with van der Waals surface area (Å²) >= 11 is 0. The number of rotatable bonds is 9. The van der Waals surface area contributed by atoms with Crippen LogP contribution < -0.4 is 4.18 Å². The van der Waals surface area contributed by atoms with Crippen LogP contribution in [0.25, 0.3) is 10.9 Å². The summed E-state index contributed by atoms with van der Waals surface area (Å²) in [6, 6.07) is 18.8. The fraction of sp³-hybridized carbons (Fsp3) is 0.192. The van der Waals surface area contributed by atoms with Gasteiger partial charge in [-0.2, -0.15) is 12.7 Å². The van der Waals surface area contributed by atoms with Crippen LogP contribution in [0.1, 0.15) is 25.8 Å². The second kappa shape index (κ2) is 10.3. The van der Waals surface area contributed by atoms with Crippen molar-refractivity contribution in [3.05, 3.63) is 96.4 Å². The van der Waals surface area contributed by atoms with Crippen LogP contribution in [0.4, 0.5) is 4.39 Å². The summed E-state index contributed by atoms with van der Waals surface area (Å²) in [6.45, 7) is 3.82. The molecular formula is C26H25FN2O5S2. The number of hydrogen-bond acceptors (Lipinski definition) is 6. The lowest BCUT2D eigenvalue weighted by molar-refractivity contribution is 0.323. The second-order valence-corrected chi connectivity index (χ2v) is 11.7. The zero-order valence-electron chi connectivity index (χ0n) is 19.7. The number of nitrogens with zero attached hydrogens (tertiary/aromatic N) is 2. The molecular weight excluding hydrogens is 503 g/mol. The van der Waals surface area contributed by atoms with Crippen LogP contribution in [-0.4, -0.2) is 32.2 Å². The quantitative estimate of drug-likeness (QED) is 0.280. The van der Waals surface area contributed by atoms with Crippen LogP contribution in [0.5, 0.6) is 5.75 Å². The van der Waals surface area contributed by atoms with Crippen LogP contribution >= 0.6 is 0 Å². The van der Waals surface area contributed by atoms with Crippen molar-refractivity contribution in [1.82, 2.24) is 9.29 Å². The van der Waals surface area contributed by atoms with E-state index in [1.54, 1.807) is 36.5 Å². The Labute approximate surface area is 210 Å². The molecule has 1 aromatic heterocycles. The number of aromatic nitrogens is 1. The molecule has 36 heavy (non-hydrogen) atoms. The third kappa shape index (κ3) is 5.40. The van der Waals surface area contributed by atoms with E-state index < -0.39 is 26.0 Å². The zero-order chi connectivity index (χ0) is 25.9. The predicted octanol–water partition coefficient (Wildman–Crippen LogP) is 5.13. The van der Waals surface area contributed by atoms with Crippen molar-refractivity contribution < 1.29 is 25.4 Å². The highest BCUT2D eigenvalue weighted by molar-refractivity contribution is 7.89. The molecule has 7 nitrogen and oxygen atoms in total. The summed E-state index contributed by atoms with van der Waals surface area (Å²) in [6.07, 6.45) is 2.15. The van der Waals surface area contributed by atoms with Gasteiger partial charge in [0, 0.05) is 24.2 Å². The molecule has 0 N–H and O–H groups in total. The lowest BCUT2D eigenvalue weighted by atomic mass is 10.2. The maximum absolute atomic E-state index is 13.7. The van der Waals surface area contributed by atoms with Crippen molar-refractivity contribution in [3.63, 3.8) is 0 Å². The van der Waals surface area contributed by atoms with Crippen LogP contribution in [0.2, 0.25) is 0 Å². The molecule has 1 atom stereocenters. The first kappa shape index (κ1) is 25.7. The SMILES string of the molecule is CC[C@@H](C)N(Cc1ccc(OS(=O)(=O)c2ccc(F)cc2)cc1)S(=O)(=O)c1cccc2cccnc12. The van der Waals surface area contributed by atoms with E-state index in [1.165, 1.54) is 16.4 Å². The molecule has 1 heterocycles. The molecule has 188 valence electrons. The molecule has 4 aromatic rings. The van der Waals surface area contributed by atoms with E-state index >= 15 is 0 Å². The second-order valence-electron chi connectivity index (χ2n) is 8.27. The summed E-state index contributed by atoms with van der Waals surface area (Å²) < 4.78 is 72.1. The van der Waals surface area contributed by atoms with E-state index in [-0.39, 0.29) is 28.1 Å². The minimum absolute atomic E-state index is 0.0549. The van der Waals surface area contributed by atoms with Gasteiger partial charge in [-0.3, -0.25) is 4.98 Å². The van der Waals surface area contributed by atoms with Gasteiger partial charge in [-0.25, -0.2) is 12.8 Å². The van der Waals surface area contributed by atoms with Crippen LogP contribution in [0, 0.1) is 5.82 Å². The highest BCUT2D eigenvalue weighted by atomic mass is 32.2. The number of fused-ring (bicyclic) bond motifs is 1. The lowest BCUT2D eigenvalue weighted by Crippen LogP contribution is -2.37. The Hall–Kier alpha value is -3.34. The van der Waals surface area contributed by atoms with Gasteiger partial charge in [0.1, 0.15) is 21.4 Å². The topological polar surface area (TPSA) is 93.6 Å². The lowest BCUT2D eigenvalue weighted by Gasteiger charge is -2.28. The molecule has 0 saturated carbocycles. The Balaban J connectivity index is 1.60. The Morgan fingerprint density at radius 3 is 2.25 bits per heavy atom. The number of benzene rings is 3. The normalized spacial score (nSPS) is 13.1. The largest absolute Gasteiger partial charge is 0.379 e. The van der Waals surface area contributed by atoms with Crippen molar-refractivity contribution >= 4 is 31.0 Å². The van der Waals surface area contributed by atoms with Crippen LogP contribution in [0.15, 0.2) is 94.9 Å². The smallest absolute Gasteiger partial charge is 0.339 e. The van der Waals surface area contributed by atoms with Crippen molar-refractivity contribution in [2.75, 3.05) is 0 Å². The summed E-state index contributed by atoms with van der Waals surface area (Å²) in [7, 11) is -8.05. The number of para-hydroxylation sites is 1. The third-order valence-corrected chi connectivity index (χ3v) is 9.09. The molecule has 0 saturated heterocycles. The molecule has 3 aromatic carbocycles. The highest BCUT2D eigenvalue weighted by Gasteiger charge is 2.30. The average molecular weight is 529 g/mol. The highest BCUT2D eigenvalue weighted by Crippen LogP contribution is 2.28. The van der Waals surface area contributed by atoms with Crippen LogP contribution in [-0.2, 0) is 26.7 Å². The van der Waals surface area contributed by atoms with Gasteiger partial charge in [0.2, 0.25) is 10.0 Å². The summed E-state index contributed by atoms with van der Waals surface area (Å²) in [5.41, 5.74) is 1.06. The molecule has 0 radical (unpaired) electrons. The summed E-state index contributed by atoms with van der Waals surface area (Å²) in [5, 5.41) is 0.728. The van der Waals surface area contributed by atoms with E-state index in [9.17, 15) is 21.2 Å². The van der Waals surface area contributed by atoms with E-state index in [0.717, 1.165) is 29.7 Å². The van der Waals surface area contributed by atoms with E-state index in [2.05, 4.69) is 4.98 Å². The predicted molar refractivity (Wildman–Crippen MR) is 135 cm³/mol. The minimum Gasteiger partial charge on any atom is -0.379 e. The van der Waals surface area contributed by atoms with Crippen molar-refractivity contribution in [3.8, 4) is 5.75 Å². The zero-order valence-corrected chi connectivity index (χ0v) is 21.3. The van der Waals surface area contributed by atoms with Gasteiger partial charge >= 0.3 is 10.1 Å². The van der Waals surface area contributed by atoms with Gasteiger partial charge in [-0.15, -0.1) is 0 Å². The first-order valence-corrected chi connectivity index (χ1v) is 14.1. The van der Waals surface area contributed by atoms with Gasteiger partial charge in [-0.1, -0.05) is 37.3 Å². The Bertz CT molecular complexity index is 1570. The molecule has 0 amide bonds. The molecule has 4 rings (SSSR count). The molecule has 0 spiro atoms. The molecule has 0 fully saturated rings. The Kier molecular flexibility index (Phi) is 7.39. The number of hydrogen-bond donors (Lipinski definition) is 0. The third-order valence-electron chi connectivity index (χ3n) is 5.83. The van der Waals surface area contributed by atoms with E-state index in [1.807, 2.05) is 26.0 Å². The monoisotopic (exact) mass is 528 g/mol. The summed E-state index contributed by atoms with van der Waals surface area (Å²) in [4.78, 5) is 4.25. The van der Waals surface area contributed by atoms with Gasteiger partial charge in [0.05, 0.1) is 5.52 Å². The van der Waals surface area contributed by atoms with E-state index in [4.69, 9.17) is 4.18 Å². The van der Waals surface area contributed by atoms with Crippen LogP contribution in [0.3, 0.4) is 0 Å². The molecule has 0 aliphatic carbocycles. The fourth-order valence-corrected chi connectivity index (χ4v) is 6.49. The molecule has 0 unspecified atom stereocenters. The Morgan fingerprint density at radius 2 is 1.58 bits per heavy atom. The van der Waals surface area contributed by atoms with Gasteiger partial charge in [-0.05, 0) is 67.4 Å². The molecule has 0 aliphatic heterocycles. The minimum atomic E-state index is -4.14. The Morgan fingerprint density at radius 1 is 0.917 bits per heavy atom. The molecule has 0 bridgehead atoms. The fourth-order valence-electron chi connectivity index (χ4n) is 3.70. The molecule has 10 heteroatoms. The number of pyridine rings is 1. The number of sulfonamides is 1. The van der Waals surface area contributed by atoms with Gasteiger partial charge < -0.3 is 4.18 Å². The molecule has 0 aliphatic rings. The number of halogens is 1. The first-order chi connectivity index (χ1) is 17.1. The van der Waals surface area contributed by atoms with E-state index in [0.29, 0.717) is 17.5 Å². The first-order valence-electron chi connectivity index (χ1n) is 11.3. The van der Waals surface area contributed by atoms with Gasteiger partial charge in [0.25, 0.3) is 0 Å². The van der Waals surface area contributed by atoms with Crippen molar-refractivity contribution in [2.45, 2.75) is 42.6 Å². The average Bonchev–Trinajstić information content (AvgIpc) is 2.87. The summed E-state index contributed by atoms with van der Waals surface area (Å²) in [5.74, 6) is -0.502. The maximum atomic E-state index is 13.7. The maximum Gasteiger partial charge on any atom is 0.339 e. The standard InChI is InChI=1S/C26H25FN2O5S2/c1-3-19(2)29(35(30,31)25-8-4-6-21-7-5-17-28-26(21)25)18-20-9-13-23(14-10-20)34-36(32,33)24-15-11-22(27)12-16-24/h4-17,19H,3,18H2,1-2H3/t19-/m1/s1.